The maximum Gasteiger partial charge on any atom is 0.0316 e. The Morgan fingerprint density at radius 1 is 1.45 bits per heavy atom. The van der Waals surface area contributed by atoms with Gasteiger partial charge in [-0.15, -0.1) is 0 Å². The van der Waals surface area contributed by atoms with E-state index < -0.39 is 0 Å². The van der Waals surface area contributed by atoms with Gasteiger partial charge in [-0.2, -0.15) is 0 Å². The molecule has 0 bridgehead atoms. The second-order valence-electron chi connectivity index (χ2n) is 3.71. The van der Waals surface area contributed by atoms with E-state index in [0.717, 1.165) is 19.3 Å². The van der Waals surface area contributed by atoms with Crippen LogP contribution < -0.4 is 5.73 Å². The molecule has 1 heteroatoms. The van der Waals surface area contributed by atoms with Crippen molar-refractivity contribution in [1.29, 1.82) is 0 Å². The summed E-state index contributed by atoms with van der Waals surface area (Å²) in [6.45, 7) is 4.23. The predicted molar refractivity (Wildman–Crippen MR) is 49.3 cm³/mol. The average Bonchev–Trinajstić information content (AvgIpc) is 1.82. The summed E-state index contributed by atoms with van der Waals surface area (Å²) < 4.78 is 0. The fourth-order valence-electron chi connectivity index (χ4n) is 1.48. The Kier molecular flexibility index (Phi) is 2.50. The van der Waals surface area contributed by atoms with Crippen molar-refractivity contribution in [3.05, 3.63) is 23.8 Å². The molecule has 0 aromatic rings. The van der Waals surface area contributed by atoms with Crippen LogP contribution in [0.2, 0.25) is 0 Å². The molecule has 0 saturated carbocycles. The van der Waals surface area contributed by atoms with Crippen LogP contribution in [0.5, 0.6) is 0 Å². The van der Waals surface area contributed by atoms with Crippen molar-refractivity contribution < 1.29 is 0 Å². The molecular formula is C10H17N. The Hall–Kier alpha value is -0.560. The number of nitrogens with two attached hydrogens (primary N) is 1. The molecule has 1 aliphatic rings. The molecule has 0 radical (unpaired) electrons. The lowest BCUT2D eigenvalue weighted by Gasteiger charge is -2.21. The molecule has 0 fully saturated rings. The van der Waals surface area contributed by atoms with E-state index in [9.17, 15) is 0 Å². The van der Waals surface area contributed by atoms with Crippen LogP contribution in [0.25, 0.3) is 0 Å². The van der Waals surface area contributed by atoms with Gasteiger partial charge in [-0.05, 0) is 33.1 Å². The summed E-state index contributed by atoms with van der Waals surface area (Å²) in [5.41, 5.74) is 7.32. The Morgan fingerprint density at radius 2 is 2.18 bits per heavy atom. The van der Waals surface area contributed by atoms with Gasteiger partial charge in [-0.3, -0.25) is 0 Å². The van der Waals surface area contributed by atoms with Crippen molar-refractivity contribution in [3.63, 3.8) is 0 Å². The molecule has 0 spiro atoms. The fraction of sp³-hybridized carbons (Fsp3) is 0.600. The summed E-state index contributed by atoms with van der Waals surface area (Å²) in [6, 6.07) is 0. The molecule has 1 unspecified atom stereocenters. The minimum absolute atomic E-state index is 0.0884. The lowest BCUT2D eigenvalue weighted by Crippen LogP contribution is -2.33. The van der Waals surface area contributed by atoms with E-state index in [-0.39, 0.29) is 5.54 Å². The quantitative estimate of drug-likeness (QED) is 0.528. The first-order valence-corrected chi connectivity index (χ1v) is 4.22. The fourth-order valence-corrected chi connectivity index (χ4v) is 1.48. The van der Waals surface area contributed by atoms with Gasteiger partial charge in [0.2, 0.25) is 0 Å². The zero-order chi connectivity index (χ0) is 8.32. The molecule has 0 aromatic carbocycles. The van der Waals surface area contributed by atoms with Crippen molar-refractivity contribution >= 4 is 0 Å². The van der Waals surface area contributed by atoms with E-state index in [4.69, 9.17) is 5.73 Å². The molecule has 0 saturated heterocycles. The predicted octanol–water partition coefficient (Wildman–Crippen LogP) is 2.39. The monoisotopic (exact) mass is 151 g/mol. The molecule has 11 heavy (non-hydrogen) atoms. The third-order valence-electron chi connectivity index (χ3n) is 2.03. The Bertz CT molecular complexity index is 187. The highest BCUT2D eigenvalue weighted by atomic mass is 14.7. The van der Waals surface area contributed by atoms with Gasteiger partial charge in [-0.1, -0.05) is 23.8 Å². The first-order chi connectivity index (χ1) is 5.10. The normalized spacial score (nSPS) is 40.1. The second kappa shape index (κ2) is 3.22. The van der Waals surface area contributed by atoms with Crippen LogP contribution in [0.1, 0.15) is 33.1 Å². The van der Waals surface area contributed by atoms with Crippen LogP contribution in [-0.4, -0.2) is 5.54 Å². The van der Waals surface area contributed by atoms with E-state index in [2.05, 4.69) is 32.1 Å². The summed E-state index contributed by atoms with van der Waals surface area (Å²) in [4.78, 5) is 0. The molecule has 1 atom stereocenters. The van der Waals surface area contributed by atoms with Crippen LogP contribution >= 0.6 is 0 Å². The smallest absolute Gasteiger partial charge is 0.0316 e. The molecule has 1 nitrogen and oxygen atoms in total. The Labute approximate surface area is 69.0 Å². The topological polar surface area (TPSA) is 26.0 Å². The zero-order valence-electron chi connectivity index (χ0n) is 7.43. The Morgan fingerprint density at radius 3 is 2.91 bits per heavy atom. The largest absolute Gasteiger partial charge is 0.322 e. The molecule has 0 aliphatic heterocycles. The molecule has 0 aromatic heterocycles. The summed E-state index contributed by atoms with van der Waals surface area (Å²) >= 11 is 0. The zero-order valence-corrected chi connectivity index (χ0v) is 7.43. The van der Waals surface area contributed by atoms with Crippen LogP contribution in [0, 0.1) is 0 Å². The molecular weight excluding hydrogens is 134 g/mol. The summed E-state index contributed by atoms with van der Waals surface area (Å²) in [5, 5.41) is 0. The maximum atomic E-state index is 6.03. The van der Waals surface area contributed by atoms with E-state index in [1.165, 1.54) is 5.57 Å². The minimum Gasteiger partial charge on any atom is -0.322 e. The van der Waals surface area contributed by atoms with E-state index in [1.54, 1.807) is 0 Å². The summed E-state index contributed by atoms with van der Waals surface area (Å²) in [5.74, 6) is 0. The standard InChI is InChI=1S/C10H17N/c1-9-6-4-3-5-7-10(2,11)8-9/h3-4,8H,5-7,11H2,1-2H3/b4-3+,9-8+. The summed E-state index contributed by atoms with van der Waals surface area (Å²) in [7, 11) is 0. The van der Waals surface area contributed by atoms with Gasteiger partial charge in [0.1, 0.15) is 0 Å². The van der Waals surface area contributed by atoms with Gasteiger partial charge in [0.15, 0.2) is 0 Å². The van der Waals surface area contributed by atoms with Crippen molar-refractivity contribution in [2.45, 2.75) is 38.6 Å². The van der Waals surface area contributed by atoms with Gasteiger partial charge < -0.3 is 5.73 Å². The minimum atomic E-state index is -0.0884. The van der Waals surface area contributed by atoms with Crippen LogP contribution in [0.15, 0.2) is 23.8 Å². The molecule has 1 aliphatic carbocycles. The highest BCUT2D eigenvalue weighted by Crippen LogP contribution is 2.18. The van der Waals surface area contributed by atoms with Gasteiger partial charge >= 0.3 is 0 Å². The van der Waals surface area contributed by atoms with Crippen LogP contribution in [0.3, 0.4) is 0 Å². The SMILES string of the molecule is C/C1=C\C(C)(N)CC/C=C/C1. The molecule has 62 valence electrons. The maximum absolute atomic E-state index is 6.03. The second-order valence-corrected chi connectivity index (χ2v) is 3.71. The van der Waals surface area contributed by atoms with Crippen molar-refractivity contribution in [2.24, 2.45) is 5.73 Å². The number of allylic oxidation sites excluding steroid dienone is 3. The van der Waals surface area contributed by atoms with Crippen molar-refractivity contribution in [3.8, 4) is 0 Å². The first kappa shape index (κ1) is 8.54. The van der Waals surface area contributed by atoms with E-state index in [0.29, 0.717) is 0 Å². The first-order valence-electron chi connectivity index (χ1n) is 4.22. The Balaban J connectivity index is 2.72. The van der Waals surface area contributed by atoms with E-state index in [1.807, 2.05) is 0 Å². The van der Waals surface area contributed by atoms with Gasteiger partial charge in [0.05, 0.1) is 0 Å². The van der Waals surface area contributed by atoms with E-state index >= 15 is 0 Å². The molecule has 2 N–H and O–H groups in total. The summed E-state index contributed by atoms with van der Waals surface area (Å²) in [6.07, 6.45) is 9.86. The number of rotatable bonds is 0. The van der Waals surface area contributed by atoms with Crippen molar-refractivity contribution in [1.82, 2.24) is 0 Å². The lowest BCUT2D eigenvalue weighted by molar-refractivity contribution is 0.532. The van der Waals surface area contributed by atoms with Crippen molar-refractivity contribution in [2.75, 3.05) is 0 Å². The van der Waals surface area contributed by atoms with Gasteiger partial charge in [-0.25, -0.2) is 0 Å². The highest BCUT2D eigenvalue weighted by molar-refractivity contribution is 5.15. The number of hydrogen-bond donors (Lipinski definition) is 1. The van der Waals surface area contributed by atoms with Gasteiger partial charge in [0.25, 0.3) is 0 Å². The average molecular weight is 151 g/mol. The molecule has 0 heterocycles. The highest BCUT2D eigenvalue weighted by Gasteiger charge is 2.14. The molecule has 1 rings (SSSR count). The van der Waals surface area contributed by atoms with Crippen LogP contribution in [0.4, 0.5) is 0 Å². The number of hydrogen-bond acceptors (Lipinski definition) is 1. The third kappa shape index (κ3) is 2.89. The van der Waals surface area contributed by atoms with Gasteiger partial charge in [0, 0.05) is 5.54 Å². The molecule has 0 amide bonds. The third-order valence-corrected chi connectivity index (χ3v) is 2.03. The van der Waals surface area contributed by atoms with Crippen LogP contribution in [-0.2, 0) is 0 Å². The lowest BCUT2D eigenvalue weighted by atomic mass is 9.92.